The molecule has 6 aliphatic carbocycles. The van der Waals surface area contributed by atoms with E-state index in [1.807, 2.05) is 0 Å². The first-order valence-corrected chi connectivity index (χ1v) is 16.8. The fraction of sp³-hybridized carbons (Fsp3) is 0.889. The highest BCUT2D eigenvalue weighted by molar-refractivity contribution is 5.85. The van der Waals surface area contributed by atoms with Crippen molar-refractivity contribution in [2.24, 2.45) is 56.7 Å². The van der Waals surface area contributed by atoms with Gasteiger partial charge in [0.25, 0.3) is 0 Å². The summed E-state index contributed by atoms with van der Waals surface area (Å²) in [6, 6.07) is 0.388. The van der Waals surface area contributed by atoms with E-state index in [4.69, 9.17) is 0 Å². The molecule has 1 amide bonds. The number of nitrogens with one attached hydrogen (secondary N) is 1. The molecule has 6 rings (SSSR count). The Morgan fingerprint density at radius 3 is 2.21 bits per heavy atom. The van der Waals surface area contributed by atoms with Crippen molar-refractivity contribution >= 4 is 11.7 Å². The standard InChI is InChI=1S/C36H57NO2/c1-23(2)25-15-20-36(31(39)37-24-11-9-8-10-12-24)22-21-34(6)26(30(25)36)13-14-28-33(5)18-17-29(38)32(3,4)27(33)16-19-35(28,34)7/h24-28,30H,1,8-22H2,2-7H3,(H,37,39)/t25-,26+,27-,28+,30+,33-,34+,35+,36-/m0/s1. The van der Waals surface area contributed by atoms with Gasteiger partial charge in [0, 0.05) is 17.9 Å². The van der Waals surface area contributed by atoms with Gasteiger partial charge in [0.1, 0.15) is 5.78 Å². The van der Waals surface area contributed by atoms with Crippen LogP contribution in [0.3, 0.4) is 0 Å². The van der Waals surface area contributed by atoms with Crippen LogP contribution in [0, 0.1) is 56.7 Å². The van der Waals surface area contributed by atoms with E-state index in [1.165, 1.54) is 56.9 Å². The van der Waals surface area contributed by atoms with Crippen LogP contribution in [0.15, 0.2) is 12.2 Å². The van der Waals surface area contributed by atoms with Crippen LogP contribution in [0.4, 0.5) is 0 Å². The summed E-state index contributed by atoms with van der Waals surface area (Å²) in [5, 5.41) is 3.64. The van der Waals surface area contributed by atoms with Crippen molar-refractivity contribution in [2.45, 2.75) is 144 Å². The highest BCUT2D eigenvalue weighted by atomic mass is 16.2. The maximum atomic E-state index is 14.3. The second-order valence-corrected chi connectivity index (χ2v) is 16.8. The maximum absolute atomic E-state index is 14.3. The predicted octanol–water partition coefficient (Wildman–Crippen LogP) is 8.66. The van der Waals surface area contributed by atoms with Gasteiger partial charge >= 0.3 is 0 Å². The monoisotopic (exact) mass is 535 g/mol. The number of carbonyl (C=O) groups excluding carboxylic acids is 2. The van der Waals surface area contributed by atoms with Gasteiger partial charge in [0.2, 0.25) is 5.91 Å². The van der Waals surface area contributed by atoms with Crippen molar-refractivity contribution in [1.29, 1.82) is 0 Å². The average Bonchev–Trinajstić information content (AvgIpc) is 3.29. The minimum atomic E-state index is -0.200. The number of amides is 1. The minimum absolute atomic E-state index is 0.193. The van der Waals surface area contributed by atoms with Crippen molar-refractivity contribution in [3.05, 3.63) is 12.2 Å². The fourth-order valence-corrected chi connectivity index (χ4v) is 12.9. The first-order chi connectivity index (χ1) is 18.3. The molecule has 9 atom stereocenters. The van der Waals surface area contributed by atoms with E-state index in [-0.39, 0.29) is 27.1 Å². The molecule has 6 aliphatic rings. The Labute approximate surface area is 239 Å². The summed E-state index contributed by atoms with van der Waals surface area (Å²) in [6.45, 7) is 19.2. The molecule has 0 heterocycles. The minimum Gasteiger partial charge on any atom is -0.353 e. The van der Waals surface area contributed by atoms with Crippen LogP contribution in [0.2, 0.25) is 0 Å². The largest absolute Gasteiger partial charge is 0.353 e. The number of Topliss-reactive ketones (excluding diaryl/α,β-unsaturated/α-hetero) is 1. The SMILES string of the molecule is C=C(C)[C@@H]1CC[C@]2(C(=O)NC3CCCCC3)CC[C@]3(C)[C@H](CC[C@@H]4[C@@]5(C)CCC(=O)C(C)(C)[C@@H]5CC[C@]43C)[C@@H]12. The number of allylic oxidation sites excluding steroid dienone is 1. The van der Waals surface area contributed by atoms with E-state index in [0.29, 0.717) is 47.3 Å². The molecular formula is C36H57NO2. The number of ketones is 1. The van der Waals surface area contributed by atoms with E-state index >= 15 is 0 Å². The lowest BCUT2D eigenvalue weighted by Gasteiger charge is -2.72. The van der Waals surface area contributed by atoms with Crippen molar-refractivity contribution < 1.29 is 9.59 Å². The fourth-order valence-electron chi connectivity index (χ4n) is 12.9. The van der Waals surface area contributed by atoms with E-state index < -0.39 is 0 Å². The molecule has 0 aliphatic heterocycles. The van der Waals surface area contributed by atoms with Gasteiger partial charge in [-0.05, 0) is 123 Å². The number of carbonyl (C=O) groups is 2. The number of hydrogen-bond acceptors (Lipinski definition) is 2. The zero-order chi connectivity index (χ0) is 28.0. The van der Waals surface area contributed by atoms with E-state index in [0.717, 1.165) is 44.9 Å². The van der Waals surface area contributed by atoms with Crippen molar-refractivity contribution in [3.63, 3.8) is 0 Å². The Hall–Kier alpha value is -1.12. The lowest BCUT2D eigenvalue weighted by Crippen LogP contribution is -2.67. The van der Waals surface area contributed by atoms with E-state index in [1.54, 1.807) is 0 Å². The normalized spacial score (nSPS) is 49.3. The molecule has 0 saturated heterocycles. The number of hydrogen-bond donors (Lipinski definition) is 1. The molecule has 0 aromatic rings. The van der Waals surface area contributed by atoms with Crippen LogP contribution in [0.25, 0.3) is 0 Å². The molecule has 39 heavy (non-hydrogen) atoms. The Bertz CT molecular complexity index is 1040. The zero-order valence-corrected chi connectivity index (χ0v) is 26.1. The molecule has 1 N–H and O–H groups in total. The smallest absolute Gasteiger partial charge is 0.226 e. The summed E-state index contributed by atoms with van der Waals surface area (Å²) >= 11 is 0. The first-order valence-electron chi connectivity index (χ1n) is 16.8. The van der Waals surface area contributed by atoms with Crippen LogP contribution >= 0.6 is 0 Å². The van der Waals surface area contributed by atoms with Gasteiger partial charge in [-0.2, -0.15) is 0 Å². The molecular weight excluding hydrogens is 478 g/mol. The quantitative estimate of drug-likeness (QED) is 0.368. The van der Waals surface area contributed by atoms with Crippen LogP contribution in [-0.2, 0) is 9.59 Å². The van der Waals surface area contributed by atoms with Crippen molar-refractivity contribution in [1.82, 2.24) is 5.32 Å². The van der Waals surface area contributed by atoms with Gasteiger partial charge in [-0.15, -0.1) is 0 Å². The molecule has 0 radical (unpaired) electrons. The van der Waals surface area contributed by atoms with Gasteiger partial charge in [-0.3, -0.25) is 9.59 Å². The Balaban J connectivity index is 1.35. The first kappa shape index (κ1) is 28.0. The Kier molecular flexibility index (Phi) is 6.60. The molecule has 3 heteroatoms. The summed E-state index contributed by atoms with van der Waals surface area (Å²) in [5.74, 6) is 3.58. The van der Waals surface area contributed by atoms with Gasteiger partial charge in [0.15, 0.2) is 0 Å². The van der Waals surface area contributed by atoms with E-state index in [2.05, 4.69) is 53.4 Å². The highest BCUT2D eigenvalue weighted by Crippen LogP contribution is 2.77. The van der Waals surface area contributed by atoms with E-state index in [9.17, 15) is 9.59 Å². The maximum Gasteiger partial charge on any atom is 0.226 e. The molecule has 0 spiro atoms. The molecule has 0 bridgehead atoms. The second kappa shape index (κ2) is 9.19. The molecule has 0 aromatic heterocycles. The third kappa shape index (κ3) is 3.72. The van der Waals surface area contributed by atoms with Crippen molar-refractivity contribution in [3.8, 4) is 0 Å². The molecule has 3 nitrogen and oxygen atoms in total. The van der Waals surface area contributed by atoms with Gasteiger partial charge in [-0.1, -0.05) is 66.0 Å². The van der Waals surface area contributed by atoms with Gasteiger partial charge in [0.05, 0.1) is 5.41 Å². The molecule has 0 unspecified atom stereocenters. The summed E-state index contributed by atoms with van der Waals surface area (Å²) in [7, 11) is 0. The molecule has 218 valence electrons. The molecule has 6 fully saturated rings. The summed E-state index contributed by atoms with van der Waals surface area (Å²) in [5.41, 5.74) is 1.68. The van der Waals surface area contributed by atoms with Crippen LogP contribution in [0.1, 0.15) is 138 Å². The van der Waals surface area contributed by atoms with Gasteiger partial charge < -0.3 is 5.32 Å². The highest BCUT2D eigenvalue weighted by Gasteiger charge is 2.71. The average molecular weight is 536 g/mol. The summed E-state index contributed by atoms with van der Waals surface area (Å²) in [4.78, 5) is 27.4. The third-order valence-electron chi connectivity index (χ3n) is 15.2. The Morgan fingerprint density at radius 1 is 0.795 bits per heavy atom. The Morgan fingerprint density at radius 2 is 1.51 bits per heavy atom. The lowest BCUT2D eigenvalue weighted by molar-refractivity contribution is -0.233. The predicted molar refractivity (Wildman–Crippen MR) is 159 cm³/mol. The topological polar surface area (TPSA) is 46.2 Å². The molecule has 0 aromatic carbocycles. The van der Waals surface area contributed by atoms with Crippen LogP contribution < -0.4 is 5.32 Å². The number of rotatable bonds is 3. The number of fused-ring (bicyclic) bond motifs is 7. The van der Waals surface area contributed by atoms with Crippen molar-refractivity contribution in [2.75, 3.05) is 0 Å². The lowest BCUT2D eigenvalue weighted by atomic mass is 9.32. The summed E-state index contributed by atoms with van der Waals surface area (Å²) in [6.07, 6.45) is 17.4. The summed E-state index contributed by atoms with van der Waals surface area (Å²) < 4.78 is 0. The third-order valence-corrected chi connectivity index (χ3v) is 15.2. The molecule has 6 saturated carbocycles. The van der Waals surface area contributed by atoms with Crippen LogP contribution in [0.5, 0.6) is 0 Å². The zero-order valence-electron chi connectivity index (χ0n) is 26.1. The second-order valence-electron chi connectivity index (χ2n) is 16.8. The van der Waals surface area contributed by atoms with Gasteiger partial charge in [-0.25, -0.2) is 0 Å². The van der Waals surface area contributed by atoms with Crippen LogP contribution in [-0.4, -0.2) is 17.7 Å².